The number of hydrogen-bond donors (Lipinski definition) is 0. The number of carbonyl (C=O) groups excluding carboxylic acids is 2. The smallest absolute Gasteiger partial charge is 0.229 e. The first-order chi connectivity index (χ1) is 18.9. The van der Waals surface area contributed by atoms with Crippen molar-refractivity contribution in [2.24, 2.45) is 23.2 Å². The Morgan fingerprint density at radius 2 is 1.67 bits per heavy atom. The second-order valence-electron chi connectivity index (χ2n) is 13.5. The molecule has 6 aliphatic rings. The average Bonchev–Trinajstić information content (AvgIpc) is 3.40. The van der Waals surface area contributed by atoms with Crippen LogP contribution >= 0.6 is 11.3 Å². The Bertz CT molecular complexity index is 1220. The van der Waals surface area contributed by atoms with E-state index in [1.807, 2.05) is 16.2 Å². The third-order valence-electron chi connectivity index (χ3n) is 10.9. The van der Waals surface area contributed by atoms with Gasteiger partial charge >= 0.3 is 0 Å². The number of amides is 2. The van der Waals surface area contributed by atoms with E-state index in [4.69, 9.17) is 0 Å². The Morgan fingerprint density at radius 3 is 2.36 bits per heavy atom. The molecule has 2 aliphatic heterocycles. The van der Waals surface area contributed by atoms with E-state index < -0.39 is 0 Å². The van der Waals surface area contributed by atoms with Crippen LogP contribution in [0.2, 0.25) is 0 Å². The van der Waals surface area contributed by atoms with Crippen molar-refractivity contribution in [2.45, 2.75) is 77.3 Å². The maximum absolute atomic E-state index is 14.0. The minimum absolute atomic E-state index is 0.0887. The van der Waals surface area contributed by atoms with Gasteiger partial charge in [-0.15, -0.1) is 11.3 Å². The molecule has 3 heterocycles. The second kappa shape index (κ2) is 10.0. The van der Waals surface area contributed by atoms with Crippen molar-refractivity contribution in [3.05, 3.63) is 57.3 Å². The van der Waals surface area contributed by atoms with Gasteiger partial charge in [0.1, 0.15) is 0 Å². The molecule has 2 atom stereocenters. The van der Waals surface area contributed by atoms with Gasteiger partial charge in [0.15, 0.2) is 0 Å². The van der Waals surface area contributed by atoms with Gasteiger partial charge in [-0.05, 0) is 105 Å². The van der Waals surface area contributed by atoms with Gasteiger partial charge in [-0.1, -0.05) is 24.3 Å². The Hall–Kier alpha value is -2.18. The summed E-state index contributed by atoms with van der Waals surface area (Å²) in [5.41, 5.74) is 3.99. The molecular formula is C33H43N3O2S. The Balaban J connectivity index is 0.993. The van der Waals surface area contributed by atoms with Gasteiger partial charge in [0.05, 0.1) is 11.5 Å². The van der Waals surface area contributed by atoms with Crippen molar-refractivity contribution in [3.8, 4) is 0 Å². The molecule has 5 nitrogen and oxygen atoms in total. The van der Waals surface area contributed by atoms with E-state index in [0.29, 0.717) is 32.0 Å². The third kappa shape index (κ3) is 4.56. The van der Waals surface area contributed by atoms with Gasteiger partial charge in [0.25, 0.3) is 0 Å². The van der Waals surface area contributed by atoms with Crippen LogP contribution in [0.15, 0.2) is 35.7 Å². The summed E-state index contributed by atoms with van der Waals surface area (Å²) in [6.45, 7) is 8.17. The first-order valence-electron chi connectivity index (χ1n) is 15.3. The summed E-state index contributed by atoms with van der Waals surface area (Å²) in [5, 5.41) is 2.22. The van der Waals surface area contributed by atoms with Crippen LogP contribution in [0.5, 0.6) is 0 Å². The molecule has 6 heteroatoms. The quantitative estimate of drug-likeness (QED) is 0.486. The molecule has 2 amide bonds. The molecule has 4 bridgehead atoms. The molecule has 208 valence electrons. The fourth-order valence-electron chi connectivity index (χ4n) is 9.43. The summed E-state index contributed by atoms with van der Waals surface area (Å²) in [6, 6.07) is 11.3. The number of thiophene rings is 1. The summed E-state index contributed by atoms with van der Waals surface area (Å²) in [4.78, 5) is 35.7. The predicted molar refractivity (Wildman–Crippen MR) is 156 cm³/mol. The first kappa shape index (κ1) is 25.8. The van der Waals surface area contributed by atoms with Crippen molar-refractivity contribution in [1.29, 1.82) is 0 Å². The summed E-state index contributed by atoms with van der Waals surface area (Å²) in [5.74, 6) is 3.00. The summed E-state index contributed by atoms with van der Waals surface area (Å²) in [6.07, 6.45) is 9.04. The number of nitrogens with zero attached hydrogens (tertiary/aromatic N) is 3. The molecule has 4 saturated carbocycles. The number of piperazine rings is 1. The van der Waals surface area contributed by atoms with Gasteiger partial charge in [0.2, 0.25) is 11.8 Å². The monoisotopic (exact) mass is 545 g/mol. The minimum atomic E-state index is -0.0887. The standard InChI is InChI=1S/C33H43N3O2S/c1-22-5-3-4-6-27(22)31-28-9-14-39-29(28)7-10-34(31)11-8-30(37)35-12-13-36(23(2)21-35)32(38)33-18-24-15-25(19-33)17-26(16-24)20-33/h3-6,9,14,23-26,31H,7-8,10-13,15-21H2,1-2H3/t23-,24?,25?,26?,31+,33?/m1/s1. The predicted octanol–water partition coefficient (Wildman–Crippen LogP) is 5.67. The molecule has 1 aromatic heterocycles. The summed E-state index contributed by atoms with van der Waals surface area (Å²) in [7, 11) is 0. The van der Waals surface area contributed by atoms with Crippen LogP contribution in [0, 0.1) is 30.1 Å². The molecule has 1 saturated heterocycles. The molecule has 1 aromatic carbocycles. The molecular weight excluding hydrogens is 502 g/mol. The Kier molecular flexibility index (Phi) is 6.62. The van der Waals surface area contributed by atoms with Crippen LogP contribution in [-0.2, 0) is 16.0 Å². The van der Waals surface area contributed by atoms with Crippen molar-refractivity contribution >= 4 is 23.2 Å². The normalized spacial score (nSPS) is 33.8. The van der Waals surface area contributed by atoms with Crippen molar-refractivity contribution < 1.29 is 9.59 Å². The number of aryl methyl sites for hydroxylation is 1. The van der Waals surface area contributed by atoms with Crippen molar-refractivity contribution in [1.82, 2.24) is 14.7 Å². The average molecular weight is 546 g/mol. The van der Waals surface area contributed by atoms with Crippen LogP contribution < -0.4 is 0 Å². The zero-order chi connectivity index (χ0) is 26.7. The summed E-state index contributed by atoms with van der Waals surface area (Å²) < 4.78 is 0. The lowest BCUT2D eigenvalue weighted by molar-refractivity contribution is -0.163. The van der Waals surface area contributed by atoms with E-state index in [1.54, 1.807) is 0 Å². The van der Waals surface area contributed by atoms with E-state index in [0.717, 1.165) is 56.5 Å². The van der Waals surface area contributed by atoms with Gasteiger partial charge < -0.3 is 9.80 Å². The van der Waals surface area contributed by atoms with Gasteiger partial charge in [0, 0.05) is 50.1 Å². The molecule has 39 heavy (non-hydrogen) atoms. The van der Waals surface area contributed by atoms with Gasteiger partial charge in [-0.25, -0.2) is 0 Å². The summed E-state index contributed by atoms with van der Waals surface area (Å²) >= 11 is 1.87. The lowest BCUT2D eigenvalue weighted by Gasteiger charge is -2.57. The lowest BCUT2D eigenvalue weighted by atomic mass is 9.49. The molecule has 8 rings (SSSR count). The first-order valence-corrected chi connectivity index (χ1v) is 16.2. The molecule has 0 spiro atoms. The highest BCUT2D eigenvalue weighted by Crippen LogP contribution is 2.60. The third-order valence-corrected chi connectivity index (χ3v) is 11.9. The van der Waals surface area contributed by atoms with Crippen LogP contribution in [0.1, 0.15) is 79.5 Å². The maximum atomic E-state index is 14.0. The van der Waals surface area contributed by atoms with Crippen LogP contribution in [0.25, 0.3) is 0 Å². The highest BCUT2D eigenvalue weighted by molar-refractivity contribution is 7.10. The molecule has 4 aliphatic carbocycles. The largest absolute Gasteiger partial charge is 0.339 e. The zero-order valence-electron chi connectivity index (χ0n) is 23.6. The number of benzene rings is 1. The molecule has 5 fully saturated rings. The molecule has 2 aromatic rings. The Morgan fingerprint density at radius 1 is 0.949 bits per heavy atom. The Labute approximate surface area is 237 Å². The van der Waals surface area contributed by atoms with E-state index >= 15 is 0 Å². The van der Waals surface area contributed by atoms with Crippen LogP contribution in [-0.4, -0.2) is 65.3 Å². The van der Waals surface area contributed by atoms with E-state index in [9.17, 15) is 9.59 Å². The molecule has 0 unspecified atom stereocenters. The number of rotatable bonds is 5. The molecule has 0 N–H and O–H groups in total. The SMILES string of the molecule is Cc1ccccc1[C@H]1c2ccsc2CCN1CCC(=O)N1CCN(C(=O)C23CC4CC(CC(C4)C2)C3)[C@H](C)C1. The van der Waals surface area contributed by atoms with E-state index in [-0.39, 0.29) is 23.4 Å². The topological polar surface area (TPSA) is 43.9 Å². The fourth-order valence-corrected chi connectivity index (χ4v) is 10.3. The molecule has 0 radical (unpaired) electrons. The second-order valence-corrected chi connectivity index (χ2v) is 14.5. The maximum Gasteiger partial charge on any atom is 0.229 e. The van der Waals surface area contributed by atoms with Crippen LogP contribution in [0.4, 0.5) is 0 Å². The lowest BCUT2D eigenvalue weighted by Crippen LogP contribution is -2.61. The van der Waals surface area contributed by atoms with Crippen molar-refractivity contribution in [2.75, 3.05) is 32.7 Å². The van der Waals surface area contributed by atoms with Gasteiger partial charge in [-0.2, -0.15) is 0 Å². The zero-order valence-corrected chi connectivity index (χ0v) is 24.4. The number of hydrogen-bond acceptors (Lipinski definition) is 4. The number of carbonyl (C=O) groups is 2. The highest BCUT2D eigenvalue weighted by Gasteiger charge is 2.56. The van der Waals surface area contributed by atoms with E-state index in [2.05, 4.69) is 59.4 Å². The van der Waals surface area contributed by atoms with Crippen molar-refractivity contribution in [3.63, 3.8) is 0 Å². The number of fused-ring (bicyclic) bond motifs is 1. The van der Waals surface area contributed by atoms with E-state index in [1.165, 1.54) is 40.8 Å². The fraction of sp³-hybridized carbons (Fsp3) is 0.636. The van der Waals surface area contributed by atoms with Crippen LogP contribution in [0.3, 0.4) is 0 Å². The highest BCUT2D eigenvalue weighted by atomic mass is 32.1. The minimum Gasteiger partial charge on any atom is -0.339 e. The van der Waals surface area contributed by atoms with Gasteiger partial charge in [-0.3, -0.25) is 14.5 Å².